The van der Waals surface area contributed by atoms with Crippen LogP contribution < -0.4 is 16.6 Å². The number of carbonyl (C=O) groups excluding carboxylic acids is 1. The Morgan fingerprint density at radius 3 is 2.04 bits per heavy atom. The Bertz CT molecular complexity index is 1130. The van der Waals surface area contributed by atoms with Crippen molar-refractivity contribution in [3.8, 4) is 22.4 Å². The van der Waals surface area contributed by atoms with Gasteiger partial charge in [-0.15, -0.1) is 0 Å². The van der Waals surface area contributed by atoms with Gasteiger partial charge >= 0.3 is 0 Å². The first kappa shape index (κ1) is 18.8. The second-order valence-electron chi connectivity index (χ2n) is 5.76. The minimum Gasteiger partial charge on any atom is -0.396 e. The third-order valence-corrected chi connectivity index (χ3v) is 5.11. The SMILES string of the molecule is NC(=O)c1nc(-c2ccc(Cl)cc2)cc(-c2ccc(S(N)(=O)=O)cc2)c1N. The van der Waals surface area contributed by atoms with Gasteiger partial charge in [0.25, 0.3) is 5.91 Å². The van der Waals surface area contributed by atoms with Crippen LogP contribution in [0.3, 0.4) is 0 Å². The number of rotatable bonds is 4. The van der Waals surface area contributed by atoms with Crippen molar-refractivity contribution >= 4 is 33.2 Å². The van der Waals surface area contributed by atoms with E-state index in [2.05, 4.69) is 4.98 Å². The highest BCUT2D eigenvalue weighted by molar-refractivity contribution is 7.89. The van der Waals surface area contributed by atoms with E-state index in [0.29, 0.717) is 27.4 Å². The summed E-state index contributed by atoms with van der Waals surface area (Å²) in [6.07, 6.45) is 0. The number of primary sulfonamides is 1. The van der Waals surface area contributed by atoms with Crippen LogP contribution in [0.1, 0.15) is 10.5 Å². The maximum absolute atomic E-state index is 11.8. The molecule has 1 aromatic heterocycles. The van der Waals surface area contributed by atoms with Crippen LogP contribution in [0.5, 0.6) is 0 Å². The molecule has 0 bridgehead atoms. The molecule has 0 aliphatic carbocycles. The van der Waals surface area contributed by atoms with E-state index in [0.717, 1.165) is 0 Å². The summed E-state index contributed by atoms with van der Waals surface area (Å²) in [5.41, 5.74) is 13.8. The number of sulfonamides is 1. The Balaban J connectivity index is 2.19. The smallest absolute Gasteiger partial charge is 0.269 e. The predicted octanol–water partition coefficient (Wildman–Crippen LogP) is 2.40. The molecule has 2 aromatic carbocycles. The minimum absolute atomic E-state index is 0.0353. The molecule has 9 heteroatoms. The summed E-state index contributed by atoms with van der Waals surface area (Å²) in [6.45, 7) is 0. The fourth-order valence-electron chi connectivity index (χ4n) is 2.57. The van der Waals surface area contributed by atoms with Crippen LogP contribution in [-0.2, 0) is 10.0 Å². The maximum Gasteiger partial charge on any atom is 0.269 e. The summed E-state index contributed by atoms with van der Waals surface area (Å²) in [7, 11) is -3.82. The molecule has 6 N–H and O–H groups in total. The molecule has 3 aromatic rings. The van der Waals surface area contributed by atoms with Gasteiger partial charge in [0.15, 0.2) is 5.69 Å². The van der Waals surface area contributed by atoms with Crippen LogP contribution in [0.2, 0.25) is 5.02 Å². The average Bonchev–Trinajstić information content (AvgIpc) is 2.62. The summed E-state index contributed by atoms with van der Waals surface area (Å²) in [5.74, 6) is -0.772. The second kappa shape index (κ2) is 6.99. The Hall–Kier alpha value is -2.94. The van der Waals surface area contributed by atoms with Crippen LogP contribution in [0.15, 0.2) is 59.5 Å². The molecule has 27 heavy (non-hydrogen) atoms. The van der Waals surface area contributed by atoms with E-state index in [1.54, 1.807) is 42.5 Å². The molecule has 0 atom stereocenters. The minimum atomic E-state index is -3.82. The number of anilines is 1. The molecule has 0 unspecified atom stereocenters. The van der Waals surface area contributed by atoms with Gasteiger partial charge in [-0.1, -0.05) is 35.9 Å². The van der Waals surface area contributed by atoms with Crippen LogP contribution >= 0.6 is 11.6 Å². The van der Waals surface area contributed by atoms with Gasteiger partial charge in [-0.25, -0.2) is 18.5 Å². The third-order valence-electron chi connectivity index (χ3n) is 3.93. The molecular formula is C18H15ClN4O3S. The number of benzene rings is 2. The number of nitrogen functional groups attached to an aromatic ring is 1. The average molecular weight is 403 g/mol. The standard InChI is InChI=1S/C18H15ClN4O3S/c19-12-5-1-11(2-6-12)15-9-14(16(20)17(23-15)18(21)24)10-3-7-13(8-4-10)27(22,25)26/h1-9H,20H2,(H2,21,24)(H2,22,25,26). The van der Waals surface area contributed by atoms with Gasteiger partial charge in [0, 0.05) is 16.1 Å². The highest BCUT2D eigenvalue weighted by Gasteiger charge is 2.17. The number of aromatic nitrogens is 1. The van der Waals surface area contributed by atoms with Gasteiger partial charge in [0.05, 0.1) is 16.3 Å². The number of carbonyl (C=O) groups is 1. The normalized spacial score (nSPS) is 11.3. The van der Waals surface area contributed by atoms with E-state index in [1.165, 1.54) is 12.1 Å². The van der Waals surface area contributed by atoms with E-state index in [1.807, 2.05) is 0 Å². The van der Waals surface area contributed by atoms with E-state index in [9.17, 15) is 13.2 Å². The topological polar surface area (TPSA) is 142 Å². The van der Waals surface area contributed by atoms with Crippen molar-refractivity contribution in [3.63, 3.8) is 0 Å². The lowest BCUT2D eigenvalue weighted by atomic mass is 10.00. The van der Waals surface area contributed by atoms with Crippen molar-refractivity contribution < 1.29 is 13.2 Å². The predicted molar refractivity (Wildman–Crippen MR) is 104 cm³/mol. The molecule has 1 heterocycles. The largest absolute Gasteiger partial charge is 0.396 e. The van der Waals surface area contributed by atoms with Crippen molar-refractivity contribution in [2.45, 2.75) is 4.90 Å². The first-order chi connectivity index (χ1) is 12.7. The molecule has 138 valence electrons. The van der Waals surface area contributed by atoms with Crippen molar-refractivity contribution in [2.24, 2.45) is 10.9 Å². The van der Waals surface area contributed by atoms with E-state index in [-0.39, 0.29) is 16.3 Å². The number of pyridine rings is 1. The van der Waals surface area contributed by atoms with E-state index in [4.69, 9.17) is 28.2 Å². The van der Waals surface area contributed by atoms with Crippen LogP contribution in [0, 0.1) is 0 Å². The molecule has 1 amide bonds. The number of hydrogen-bond acceptors (Lipinski definition) is 5. The Kier molecular flexibility index (Phi) is 4.88. The van der Waals surface area contributed by atoms with Gasteiger partial charge in [-0.05, 0) is 35.9 Å². The molecule has 0 spiro atoms. The number of nitrogens with two attached hydrogens (primary N) is 3. The lowest BCUT2D eigenvalue weighted by Gasteiger charge is -2.12. The summed E-state index contributed by atoms with van der Waals surface area (Å²) in [6, 6.07) is 14.4. The number of hydrogen-bond donors (Lipinski definition) is 3. The summed E-state index contributed by atoms with van der Waals surface area (Å²) < 4.78 is 22.9. The van der Waals surface area contributed by atoms with Gasteiger partial charge < -0.3 is 11.5 Å². The highest BCUT2D eigenvalue weighted by Crippen LogP contribution is 2.33. The molecule has 7 nitrogen and oxygen atoms in total. The van der Waals surface area contributed by atoms with Crippen molar-refractivity contribution in [1.29, 1.82) is 0 Å². The van der Waals surface area contributed by atoms with E-state index >= 15 is 0 Å². The van der Waals surface area contributed by atoms with Gasteiger partial charge in [0.2, 0.25) is 10.0 Å². The van der Waals surface area contributed by atoms with E-state index < -0.39 is 15.9 Å². The molecule has 0 fully saturated rings. The lowest BCUT2D eigenvalue weighted by molar-refractivity contribution is 0.0996. The maximum atomic E-state index is 11.8. The second-order valence-corrected chi connectivity index (χ2v) is 7.76. The molecule has 0 aliphatic rings. The van der Waals surface area contributed by atoms with Crippen molar-refractivity contribution in [3.05, 3.63) is 65.3 Å². The molecular weight excluding hydrogens is 388 g/mol. The van der Waals surface area contributed by atoms with Crippen molar-refractivity contribution in [1.82, 2.24) is 4.98 Å². The fraction of sp³-hybridized carbons (Fsp3) is 0. The molecule has 0 saturated heterocycles. The quantitative estimate of drug-likeness (QED) is 0.614. The number of halogens is 1. The van der Waals surface area contributed by atoms with Gasteiger partial charge in [-0.2, -0.15) is 0 Å². The first-order valence-electron chi connectivity index (χ1n) is 7.66. The molecule has 0 aliphatic heterocycles. The third kappa shape index (κ3) is 3.92. The number of primary amides is 1. The molecule has 3 rings (SSSR count). The molecule has 0 radical (unpaired) electrons. The monoisotopic (exact) mass is 402 g/mol. The zero-order chi connectivity index (χ0) is 19.8. The number of amides is 1. The summed E-state index contributed by atoms with van der Waals surface area (Å²) in [5, 5.41) is 5.68. The zero-order valence-corrected chi connectivity index (χ0v) is 15.5. The first-order valence-corrected chi connectivity index (χ1v) is 9.59. The van der Waals surface area contributed by atoms with Crippen molar-refractivity contribution in [2.75, 3.05) is 5.73 Å². The number of nitrogens with zero attached hydrogens (tertiary/aromatic N) is 1. The Labute approximate surface area is 160 Å². The summed E-state index contributed by atoms with van der Waals surface area (Å²) >= 11 is 5.91. The van der Waals surface area contributed by atoms with Gasteiger partial charge in [0.1, 0.15) is 0 Å². The summed E-state index contributed by atoms with van der Waals surface area (Å²) in [4.78, 5) is 16.0. The Morgan fingerprint density at radius 1 is 0.963 bits per heavy atom. The lowest BCUT2D eigenvalue weighted by Crippen LogP contribution is -2.17. The van der Waals surface area contributed by atoms with Gasteiger partial charge in [-0.3, -0.25) is 4.79 Å². The molecule has 0 saturated carbocycles. The highest BCUT2D eigenvalue weighted by atomic mass is 35.5. The van der Waals surface area contributed by atoms with Crippen LogP contribution in [0.25, 0.3) is 22.4 Å². The zero-order valence-electron chi connectivity index (χ0n) is 13.9. The fourth-order valence-corrected chi connectivity index (χ4v) is 3.22. The Morgan fingerprint density at radius 2 is 1.52 bits per heavy atom. The van der Waals surface area contributed by atoms with Crippen LogP contribution in [-0.4, -0.2) is 19.3 Å². The van der Waals surface area contributed by atoms with Crippen LogP contribution in [0.4, 0.5) is 5.69 Å².